The van der Waals surface area contributed by atoms with Gasteiger partial charge in [0.1, 0.15) is 0 Å². The first-order chi connectivity index (χ1) is 9.44. The van der Waals surface area contributed by atoms with E-state index < -0.39 is 0 Å². The van der Waals surface area contributed by atoms with Crippen LogP contribution in [-0.4, -0.2) is 42.5 Å². The number of halogens is 2. The number of hydrogen-bond donors (Lipinski definition) is 2. The van der Waals surface area contributed by atoms with Gasteiger partial charge in [-0.1, -0.05) is 27.5 Å². The van der Waals surface area contributed by atoms with Gasteiger partial charge in [-0.25, -0.2) is 0 Å². The molecule has 20 heavy (non-hydrogen) atoms. The summed E-state index contributed by atoms with van der Waals surface area (Å²) in [6.07, 6.45) is 0. The van der Waals surface area contributed by atoms with Gasteiger partial charge in [0.25, 0.3) is 0 Å². The molecule has 1 aliphatic heterocycles. The Balaban J connectivity index is 1.92. The molecule has 0 bridgehead atoms. The molecule has 2 atom stereocenters. The fourth-order valence-electron chi connectivity index (χ4n) is 2.55. The van der Waals surface area contributed by atoms with Gasteiger partial charge in [0.05, 0.1) is 17.3 Å². The van der Waals surface area contributed by atoms with Crippen LogP contribution in [0.4, 0.5) is 5.69 Å². The summed E-state index contributed by atoms with van der Waals surface area (Å²) in [7, 11) is 0. The Morgan fingerprint density at radius 1 is 1.45 bits per heavy atom. The molecule has 4 nitrogen and oxygen atoms in total. The van der Waals surface area contributed by atoms with Crippen molar-refractivity contribution in [3.63, 3.8) is 0 Å². The summed E-state index contributed by atoms with van der Waals surface area (Å²) in [5.41, 5.74) is 0.649. The second-order valence-electron chi connectivity index (χ2n) is 5.34. The van der Waals surface area contributed by atoms with Crippen molar-refractivity contribution in [1.29, 1.82) is 0 Å². The van der Waals surface area contributed by atoms with E-state index in [0.29, 0.717) is 29.3 Å². The van der Waals surface area contributed by atoms with E-state index in [1.54, 1.807) is 12.1 Å². The van der Waals surface area contributed by atoms with Crippen LogP contribution in [0.2, 0.25) is 5.02 Å². The number of nitrogens with zero attached hydrogens (tertiary/aromatic N) is 1. The lowest BCUT2D eigenvalue weighted by molar-refractivity contribution is -0.117. The van der Waals surface area contributed by atoms with Crippen LogP contribution in [0.3, 0.4) is 0 Å². The molecule has 2 rings (SSSR count). The van der Waals surface area contributed by atoms with Gasteiger partial charge in [0, 0.05) is 29.6 Å². The lowest BCUT2D eigenvalue weighted by atomic mass is 10.1. The molecule has 1 aromatic rings. The number of amides is 1. The third-order valence-corrected chi connectivity index (χ3v) is 4.01. The number of benzene rings is 1. The number of nitrogens with one attached hydrogen (secondary N) is 2. The molecule has 110 valence electrons. The normalized spacial score (nSPS) is 23.6. The Morgan fingerprint density at radius 3 is 2.70 bits per heavy atom. The minimum absolute atomic E-state index is 0.0319. The summed E-state index contributed by atoms with van der Waals surface area (Å²) in [6.45, 7) is 6.42. The number of hydrogen-bond acceptors (Lipinski definition) is 3. The van der Waals surface area contributed by atoms with E-state index in [1.165, 1.54) is 0 Å². The van der Waals surface area contributed by atoms with E-state index in [9.17, 15) is 4.79 Å². The van der Waals surface area contributed by atoms with Gasteiger partial charge >= 0.3 is 0 Å². The molecule has 1 aromatic carbocycles. The maximum absolute atomic E-state index is 12.1. The number of carbonyl (C=O) groups is 1. The predicted octanol–water partition coefficient (Wildman–Crippen LogP) is 2.72. The van der Waals surface area contributed by atoms with E-state index in [4.69, 9.17) is 11.6 Å². The van der Waals surface area contributed by atoms with Crippen molar-refractivity contribution in [1.82, 2.24) is 10.2 Å². The number of rotatable bonds is 3. The topological polar surface area (TPSA) is 44.4 Å². The van der Waals surface area contributed by atoms with Crippen molar-refractivity contribution < 1.29 is 4.79 Å². The van der Waals surface area contributed by atoms with Crippen molar-refractivity contribution in [2.75, 3.05) is 25.0 Å². The first kappa shape index (κ1) is 15.8. The largest absolute Gasteiger partial charge is 0.324 e. The van der Waals surface area contributed by atoms with Crippen LogP contribution in [0.25, 0.3) is 0 Å². The highest BCUT2D eigenvalue weighted by atomic mass is 79.9. The Kier molecular flexibility index (Phi) is 5.43. The predicted molar refractivity (Wildman–Crippen MR) is 86.3 cm³/mol. The van der Waals surface area contributed by atoms with E-state index in [1.807, 2.05) is 6.07 Å². The minimum Gasteiger partial charge on any atom is -0.324 e. The van der Waals surface area contributed by atoms with Crippen molar-refractivity contribution in [2.45, 2.75) is 25.9 Å². The van der Waals surface area contributed by atoms with Crippen LogP contribution in [-0.2, 0) is 4.79 Å². The first-order valence-corrected chi connectivity index (χ1v) is 7.84. The van der Waals surface area contributed by atoms with Crippen molar-refractivity contribution in [3.8, 4) is 0 Å². The van der Waals surface area contributed by atoms with Crippen LogP contribution >= 0.6 is 27.5 Å². The third-order valence-electron chi connectivity index (χ3n) is 3.21. The number of piperazine rings is 1. The molecule has 2 unspecified atom stereocenters. The molecule has 6 heteroatoms. The van der Waals surface area contributed by atoms with Crippen molar-refractivity contribution in [2.24, 2.45) is 0 Å². The first-order valence-electron chi connectivity index (χ1n) is 6.67. The molecule has 1 saturated heterocycles. The van der Waals surface area contributed by atoms with E-state index in [0.717, 1.165) is 17.6 Å². The average Bonchev–Trinajstić information content (AvgIpc) is 2.31. The second-order valence-corrected chi connectivity index (χ2v) is 6.66. The molecule has 0 aliphatic carbocycles. The molecule has 1 fully saturated rings. The quantitative estimate of drug-likeness (QED) is 0.871. The highest BCUT2D eigenvalue weighted by molar-refractivity contribution is 9.10. The van der Waals surface area contributed by atoms with Crippen molar-refractivity contribution in [3.05, 3.63) is 27.7 Å². The van der Waals surface area contributed by atoms with Crippen LogP contribution < -0.4 is 10.6 Å². The maximum Gasteiger partial charge on any atom is 0.238 e. The average molecular weight is 361 g/mol. The SMILES string of the molecule is CC1CN(CC(=O)Nc2ccc(Br)cc2Cl)CC(C)N1. The van der Waals surface area contributed by atoms with Crippen LogP contribution in [0, 0.1) is 0 Å². The lowest BCUT2D eigenvalue weighted by Crippen LogP contribution is -2.55. The monoisotopic (exact) mass is 359 g/mol. The highest BCUT2D eigenvalue weighted by Crippen LogP contribution is 2.25. The Hall–Kier alpha value is -0.620. The molecule has 1 heterocycles. The Labute approximate surface area is 133 Å². The second kappa shape index (κ2) is 6.89. The molecule has 0 aromatic heterocycles. The maximum atomic E-state index is 12.1. The molecule has 0 radical (unpaired) electrons. The van der Waals surface area contributed by atoms with Gasteiger partial charge < -0.3 is 10.6 Å². The van der Waals surface area contributed by atoms with Gasteiger partial charge in [-0.15, -0.1) is 0 Å². The summed E-state index contributed by atoms with van der Waals surface area (Å²) in [6, 6.07) is 6.24. The summed E-state index contributed by atoms with van der Waals surface area (Å²) in [5, 5.41) is 6.85. The summed E-state index contributed by atoms with van der Waals surface area (Å²) < 4.78 is 0.894. The van der Waals surface area contributed by atoms with Crippen LogP contribution in [0.5, 0.6) is 0 Å². The highest BCUT2D eigenvalue weighted by Gasteiger charge is 2.22. The van der Waals surface area contributed by atoms with Gasteiger partial charge in [-0.05, 0) is 32.0 Å². The number of carbonyl (C=O) groups excluding carboxylic acids is 1. The lowest BCUT2D eigenvalue weighted by Gasteiger charge is -2.35. The molecular formula is C14H19BrClN3O. The Morgan fingerprint density at radius 2 is 2.10 bits per heavy atom. The van der Waals surface area contributed by atoms with Crippen LogP contribution in [0.1, 0.15) is 13.8 Å². The van der Waals surface area contributed by atoms with Gasteiger partial charge in [0.15, 0.2) is 0 Å². The molecule has 0 saturated carbocycles. The standard InChI is InChI=1S/C14H19BrClN3O/c1-9-6-19(7-10(2)17-9)8-14(20)18-13-4-3-11(15)5-12(13)16/h3-5,9-10,17H,6-8H2,1-2H3,(H,18,20). The zero-order valence-electron chi connectivity index (χ0n) is 11.6. The van der Waals surface area contributed by atoms with Gasteiger partial charge in [-0.3, -0.25) is 9.69 Å². The molecule has 1 aliphatic rings. The zero-order valence-corrected chi connectivity index (χ0v) is 14.0. The summed E-state index contributed by atoms with van der Waals surface area (Å²) in [4.78, 5) is 14.2. The minimum atomic E-state index is -0.0319. The molecular weight excluding hydrogens is 342 g/mol. The third kappa shape index (κ3) is 4.45. The van der Waals surface area contributed by atoms with Crippen molar-refractivity contribution >= 4 is 39.1 Å². The smallest absolute Gasteiger partial charge is 0.238 e. The Bertz CT molecular complexity index is 487. The molecule has 0 spiro atoms. The molecule has 2 N–H and O–H groups in total. The zero-order chi connectivity index (χ0) is 14.7. The summed E-state index contributed by atoms with van der Waals surface area (Å²) in [5.74, 6) is -0.0319. The van der Waals surface area contributed by atoms with Gasteiger partial charge in [-0.2, -0.15) is 0 Å². The van der Waals surface area contributed by atoms with E-state index in [2.05, 4.69) is 45.3 Å². The van der Waals surface area contributed by atoms with E-state index in [-0.39, 0.29) is 5.91 Å². The van der Waals surface area contributed by atoms with E-state index >= 15 is 0 Å². The van der Waals surface area contributed by atoms with Gasteiger partial charge in [0.2, 0.25) is 5.91 Å². The van der Waals surface area contributed by atoms with Crippen LogP contribution in [0.15, 0.2) is 22.7 Å². The number of anilines is 1. The fourth-order valence-corrected chi connectivity index (χ4v) is 3.27. The fraction of sp³-hybridized carbons (Fsp3) is 0.500. The molecule has 1 amide bonds. The summed E-state index contributed by atoms with van der Waals surface area (Å²) >= 11 is 9.44.